The highest BCUT2D eigenvalue weighted by atomic mass is 19.1. The highest BCUT2D eigenvalue weighted by molar-refractivity contribution is 5.95. The van der Waals surface area contributed by atoms with Crippen molar-refractivity contribution in [1.29, 1.82) is 0 Å². The highest BCUT2D eigenvalue weighted by Crippen LogP contribution is 2.28. The molecule has 2 heterocycles. The molecule has 2 aliphatic rings. The molecule has 2 aromatic carbocycles. The Kier molecular flexibility index (Phi) is 6.70. The summed E-state index contributed by atoms with van der Waals surface area (Å²) in [5.41, 5.74) is 2.36. The summed E-state index contributed by atoms with van der Waals surface area (Å²) >= 11 is 0. The number of esters is 1. The lowest BCUT2D eigenvalue weighted by Crippen LogP contribution is -2.52. The lowest BCUT2D eigenvalue weighted by Gasteiger charge is -2.38. The molecule has 1 saturated heterocycles. The molecule has 0 aromatic heterocycles. The summed E-state index contributed by atoms with van der Waals surface area (Å²) in [7, 11) is 0. The Balaban J connectivity index is 1.55. The monoisotopic (exact) mass is 438 g/mol. The zero-order valence-electron chi connectivity index (χ0n) is 18.0. The fourth-order valence-electron chi connectivity index (χ4n) is 4.17. The molecular formula is C24H27FN4O3. The largest absolute Gasteiger partial charge is 0.463 e. The van der Waals surface area contributed by atoms with Crippen LogP contribution in [0.1, 0.15) is 18.5 Å². The van der Waals surface area contributed by atoms with Gasteiger partial charge in [0.15, 0.2) is 0 Å². The number of hydrogen-bond donors (Lipinski definition) is 2. The van der Waals surface area contributed by atoms with Crippen molar-refractivity contribution in [3.63, 3.8) is 0 Å². The molecule has 2 N–H and O–H groups in total. The Bertz CT molecular complexity index is 1000. The predicted octanol–water partition coefficient (Wildman–Crippen LogP) is 2.82. The number of carbonyl (C=O) groups excluding carboxylic acids is 2. The fourth-order valence-corrected chi connectivity index (χ4v) is 4.17. The number of nitrogens with one attached hydrogen (secondary N) is 2. The van der Waals surface area contributed by atoms with Gasteiger partial charge in [-0.3, -0.25) is 4.90 Å². The first-order valence-electron chi connectivity index (χ1n) is 10.8. The smallest absolute Gasteiger partial charge is 0.338 e. The zero-order valence-corrected chi connectivity index (χ0v) is 18.0. The normalized spacial score (nSPS) is 19.4. The van der Waals surface area contributed by atoms with Crippen molar-refractivity contribution in [2.75, 3.05) is 44.2 Å². The van der Waals surface area contributed by atoms with E-state index in [4.69, 9.17) is 4.74 Å². The van der Waals surface area contributed by atoms with Gasteiger partial charge in [-0.1, -0.05) is 42.5 Å². The number of amides is 2. The van der Waals surface area contributed by atoms with Crippen LogP contribution in [0, 0.1) is 5.82 Å². The second kappa shape index (κ2) is 9.82. The SMILES string of the molecule is CCOC(=O)C1=C(CN2CCN(c3ccccc3F)CC2)NC(=O)NC1c1ccccc1. The molecule has 32 heavy (non-hydrogen) atoms. The van der Waals surface area contributed by atoms with Gasteiger partial charge in [0.05, 0.1) is 23.9 Å². The quantitative estimate of drug-likeness (QED) is 0.679. The number of hydrogen-bond acceptors (Lipinski definition) is 5. The summed E-state index contributed by atoms with van der Waals surface area (Å²) in [6, 6.07) is 15.2. The van der Waals surface area contributed by atoms with E-state index in [2.05, 4.69) is 15.5 Å². The Morgan fingerprint density at radius 3 is 2.44 bits per heavy atom. The van der Waals surface area contributed by atoms with Crippen molar-refractivity contribution >= 4 is 17.7 Å². The maximum atomic E-state index is 14.1. The van der Waals surface area contributed by atoms with Crippen molar-refractivity contribution in [3.05, 3.63) is 77.2 Å². The maximum absolute atomic E-state index is 14.1. The van der Waals surface area contributed by atoms with Gasteiger partial charge in [0.25, 0.3) is 0 Å². The van der Waals surface area contributed by atoms with Gasteiger partial charge < -0.3 is 20.3 Å². The van der Waals surface area contributed by atoms with Gasteiger partial charge in [0, 0.05) is 38.4 Å². The molecule has 2 aliphatic heterocycles. The lowest BCUT2D eigenvalue weighted by molar-refractivity contribution is -0.139. The molecule has 0 bridgehead atoms. The molecule has 0 spiro atoms. The average molecular weight is 439 g/mol. The van der Waals surface area contributed by atoms with Gasteiger partial charge in [-0.05, 0) is 24.6 Å². The second-order valence-electron chi connectivity index (χ2n) is 7.77. The number of carbonyl (C=O) groups is 2. The minimum absolute atomic E-state index is 0.232. The average Bonchev–Trinajstić information content (AvgIpc) is 2.80. The van der Waals surface area contributed by atoms with E-state index in [1.807, 2.05) is 41.3 Å². The Hall–Kier alpha value is -3.39. The number of urea groups is 1. The fraction of sp³-hybridized carbons (Fsp3) is 0.333. The number of para-hydroxylation sites is 1. The van der Waals surface area contributed by atoms with Gasteiger partial charge in [0.1, 0.15) is 5.82 Å². The second-order valence-corrected chi connectivity index (χ2v) is 7.77. The summed E-state index contributed by atoms with van der Waals surface area (Å²) < 4.78 is 19.5. The van der Waals surface area contributed by atoms with E-state index < -0.39 is 12.0 Å². The zero-order chi connectivity index (χ0) is 22.5. The van der Waals surface area contributed by atoms with E-state index in [1.165, 1.54) is 6.07 Å². The Labute approximate surface area is 186 Å². The van der Waals surface area contributed by atoms with Gasteiger partial charge in [-0.2, -0.15) is 0 Å². The van der Waals surface area contributed by atoms with Crippen LogP contribution >= 0.6 is 0 Å². The molecule has 4 rings (SSSR count). The van der Waals surface area contributed by atoms with Gasteiger partial charge >= 0.3 is 12.0 Å². The molecule has 2 amide bonds. The van der Waals surface area contributed by atoms with Crippen molar-refractivity contribution < 1.29 is 18.7 Å². The lowest BCUT2D eigenvalue weighted by atomic mass is 9.95. The molecule has 1 atom stereocenters. The van der Waals surface area contributed by atoms with Crippen LogP contribution in [0.3, 0.4) is 0 Å². The highest BCUT2D eigenvalue weighted by Gasteiger charge is 2.34. The summed E-state index contributed by atoms with van der Waals surface area (Å²) in [5.74, 6) is -0.682. The number of anilines is 1. The van der Waals surface area contributed by atoms with Gasteiger partial charge in [-0.15, -0.1) is 0 Å². The first kappa shape index (κ1) is 21.8. The first-order chi connectivity index (χ1) is 15.6. The number of halogens is 1. The van der Waals surface area contributed by atoms with E-state index >= 15 is 0 Å². The van der Waals surface area contributed by atoms with Crippen LogP contribution in [-0.4, -0.2) is 56.2 Å². The maximum Gasteiger partial charge on any atom is 0.338 e. The van der Waals surface area contributed by atoms with Crippen molar-refractivity contribution in [1.82, 2.24) is 15.5 Å². The van der Waals surface area contributed by atoms with Crippen LogP contribution in [0.5, 0.6) is 0 Å². The van der Waals surface area contributed by atoms with Crippen LogP contribution < -0.4 is 15.5 Å². The van der Waals surface area contributed by atoms with Gasteiger partial charge in [-0.25, -0.2) is 14.0 Å². The molecule has 0 radical (unpaired) electrons. The molecule has 0 saturated carbocycles. The van der Waals surface area contributed by atoms with E-state index in [-0.39, 0.29) is 18.5 Å². The number of benzene rings is 2. The Morgan fingerprint density at radius 2 is 1.75 bits per heavy atom. The third kappa shape index (κ3) is 4.75. The topological polar surface area (TPSA) is 73.9 Å². The van der Waals surface area contributed by atoms with Crippen molar-refractivity contribution in [2.24, 2.45) is 0 Å². The number of ether oxygens (including phenoxy) is 1. The summed E-state index contributed by atoms with van der Waals surface area (Å²) in [6.07, 6.45) is 0. The third-order valence-electron chi connectivity index (χ3n) is 5.73. The van der Waals surface area contributed by atoms with E-state index in [9.17, 15) is 14.0 Å². The van der Waals surface area contributed by atoms with Crippen LogP contribution in [0.4, 0.5) is 14.9 Å². The van der Waals surface area contributed by atoms with Crippen LogP contribution in [0.2, 0.25) is 0 Å². The molecule has 7 nitrogen and oxygen atoms in total. The molecule has 0 aliphatic carbocycles. The molecule has 8 heteroatoms. The molecule has 1 fully saturated rings. The van der Waals surface area contributed by atoms with Gasteiger partial charge in [0.2, 0.25) is 0 Å². The van der Waals surface area contributed by atoms with Crippen molar-refractivity contribution in [3.8, 4) is 0 Å². The first-order valence-corrected chi connectivity index (χ1v) is 10.8. The predicted molar refractivity (Wildman–Crippen MR) is 120 cm³/mol. The summed E-state index contributed by atoms with van der Waals surface area (Å²) in [5, 5.41) is 5.67. The third-order valence-corrected chi connectivity index (χ3v) is 5.73. The van der Waals surface area contributed by atoms with E-state index in [0.717, 1.165) is 5.56 Å². The van der Waals surface area contributed by atoms with Crippen LogP contribution in [0.15, 0.2) is 65.9 Å². The number of piperazine rings is 1. The number of rotatable bonds is 6. The number of nitrogens with zero attached hydrogens (tertiary/aromatic N) is 2. The van der Waals surface area contributed by atoms with Crippen LogP contribution in [-0.2, 0) is 9.53 Å². The minimum Gasteiger partial charge on any atom is -0.463 e. The molecule has 2 aromatic rings. The van der Waals surface area contributed by atoms with Crippen molar-refractivity contribution in [2.45, 2.75) is 13.0 Å². The van der Waals surface area contributed by atoms with E-state index in [1.54, 1.807) is 19.1 Å². The minimum atomic E-state index is -0.585. The molecule has 1 unspecified atom stereocenters. The van der Waals surface area contributed by atoms with Crippen LogP contribution in [0.25, 0.3) is 0 Å². The summed E-state index contributed by atoms with van der Waals surface area (Å²) in [4.78, 5) is 29.5. The standard InChI is InChI=1S/C24H27FN4O3/c1-2-32-23(30)21-19(26-24(31)27-22(21)17-8-4-3-5-9-17)16-28-12-14-29(15-13-28)20-11-7-6-10-18(20)25/h3-11,22H,2,12-16H2,1H3,(H2,26,27,31). The molecular weight excluding hydrogens is 411 g/mol. The Morgan fingerprint density at radius 1 is 1.06 bits per heavy atom. The molecule has 168 valence electrons. The summed E-state index contributed by atoms with van der Waals surface area (Å²) in [6.45, 7) is 5.05. The van der Waals surface area contributed by atoms with E-state index in [0.29, 0.717) is 49.7 Å².